The predicted molar refractivity (Wildman–Crippen MR) is 95.5 cm³/mol. The summed E-state index contributed by atoms with van der Waals surface area (Å²) in [6, 6.07) is 5.78. The minimum Gasteiger partial charge on any atom is -0.355 e. The van der Waals surface area contributed by atoms with E-state index in [4.69, 9.17) is 0 Å². The number of fused-ring (bicyclic) bond motifs is 1. The first-order chi connectivity index (χ1) is 11.5. The molecule has 24 heavy (non-hydrogen) atoms. The van der Waals surface area contributed by atoms with E-state index in [1.54, 1.807) is 23.1 Å². The van der Waals surface area contributed by atoms with Crippen LogP contribution in [-0.4, -0.2) is 34.3 Å². The van der Waals surface area contributed by atoms with Crippen molar-refractivity contribution >= 4 is 40.6 Å². The highest BCUT2D eigenvalue weighted by Crippen LogP contribution is 2.36. The Morgan fingerprint density at radius 2 is 2.21 bits per heavy atom. The summed E-state index contributed by atoms with van der Waals surface area (Å²) in [7, 11) is 0. The van der Waals surface area contributed by atoms with Crippen LogP contribution in [0.2, 0.25) is 0 Å². The van der Waals surface area contributed by atoms with E-state index in [2.05, 4.69) is 20.8 Å². The molecule has 0 saturated heterocycles. The van der Waals surface area contributed by atoms with Gasteiger partial charge in [0, 0.05) is 24.4 Å². The summed E-state index contributed by atoms with van der Waals surface area (Å²) in [6.45, 7) is 4.40. The van der Waals surface area contributed by atoms with E-state index in [-0.39, 0.29) is 18.2 Å². The van der Waals surface area contributed by atoms with Gasteiger partial charge in [-0.25, -0.2) is 0 Å². The van der Waals surface area contributed by atoms with Crippen LogP contribution in [0, 0.1) is 13.8 Å². The van der Waals surface area contributed by atoms with Gasteiger partial charge in [0.05, 0.1) is 5.92 Å². The molecule has 2 N–H and O–H groups in total. The Morgan fingerprint density at radius 1 is 1.38 bits per heavy atom. The lowest BCUT2D eigenvalue weighted by Gasteiger charge is -2.09. The first kappa shape index (κ1) is 16.9. The second-order valence-electron chi connectivity index (χ2n) is 5.57. The van der Waals surface area contributed by atoms with Gasteiger partial charge in [0.2, 0.25) is 11.8 Å². The number of amides is 2. The van der Waals surface area contributed by atoms with Gasteiger partial charge in [-0.2, -0.15) is 0 Å². The van der Waals surface area contributed by atoms with Crippen molar-refractivity contribution < 1.29 is 9.59 Å². The lowest BCUT2D eigenvalue weighted by Crippen LogP contribution is -2.28. The number of aryl methyl sites for hydroxylation is 2. The highest BCUT2D eigenvalue weighted by Gasteiger charge is 2.32. The Bertz CT molecular complexity index is 775. The number of carbonyl (C=O) groups excluding carboxylic acids is 2. The standard InChI is InChI=1S/C16H18N4O2S2/c1-9-4-3-5-11-12(15(22)18-14(9)11)8-13(21)17-6-7-23-16-20-19-10(2)24-16/h3-5,12H,6-8H2,1-2H3,(H,17,21)(H,18,22)/t12-/m1/s1. The van der Waals surface area contributed by atoms with Crippen LogP contribution in [0.15, 0.2) is 22.5 Å². The normalized spacial score (nSPS) is 15.9. The van der Waals surface area contributed by atoms with Crippen LogP contribution in [0.3, 0.4) is 0 Å². The Balaban J connectivity index is 1.49. The van der Waals surface area contributed by atoms with Gasteiger partial charge in [-0.05, 0) is 25.0 Å². The molecule has 2 aromatic rings. The SMILES string of the molecule is Cc1nnc(SCCNC(=O)C[C@H]2C(=O)Nc3c(C)cccc32)s1. The third-order valence-electron chi connectivity index (χ3n) is 3.79. The van der Waals surface area contributed by atoms with E-state index < -0.39 is 5.92 Å². The van der Waals surface area contributed by atoms with Crippen molar-refractivity contribution in [3.63, 3.8) is 0 Å². The Labute approximate surface area is 148 Å². The molecule has 2 heterocycles. The van der Waals surface area contributed by atoms with Crippen molar-refractivity contribution in [1.82, 2.24) is 15.5 Å². The van der Waals surface area contributed by atoms with Gasteiger partial charge in [-0.15, -0.1) is 10.2 Å². The van der Waals surface area contributed by atoms with Crippen molar-refractivity contribution in [2.45, 2.75) is 30.5 Å². The van der Waals surface area contributed by atoms with Gasteiger partial charge in [-0.1, -0.05) is 41.3 Å². The van der Waals surface area contributed by atoms with Crippen LogP contribution in [0.25, 0.3) is 0 Å². The fraction of sp³-hybridized carbons (Fsp3) is 0.375. The van der Waals surface area contributed by atoms with Gasteiger partial charge in [0.1, 0.15) is 5.01 Å². The number of carbonyl (C=O) groups is 2. The second-order valence-corrected chi connectivity index (χ2v) is 8.09. The summed E-state index contributed by atoms with van der Waals surface area (Å²) in [5.41, 5.74) is 2.78. The largest absolute Gasteiger partial charge is 0.355 e. The van der Waals surface area contributed by atoms with Crippen LogP contribution in [-0.2, 0) is 9.59 Å². The number of benzene rings is 1. The van der Waals surface area contributed by atoms with Crippen molar-refractivity contribution in [1.29, 1.82) is 0 Å². The predicted octanol–water partition coefficient (Wildman–Crippen LogP) is 2.49. The Hall–Kier alpha value is -1.93. The molecule has 1 atom stereocenters. The zero-order valence-electron chi connectivity index (χ0n) is 13.5. The summed E-state index contributed by atoms with van der Waals surface area (Å²) < 4.78 is 0.904. The maximum Gasteiger partial charge on any atom is 0.232 e. The number of nitrogens with one attached hydrogen (secondary N) is 2. The molecule has 1 aromatic heterocycles. The molecule has 6 nitrogen and oxygen atoms in total. The zero-order valence-corrected chi connectivity index (χ0v) is 15.1. The van der Waals surface area contributed by atoms with E-state index in [0.29, 0.717) is 6.54 Å². The number of anilines is 1. The molecule has 0 spiro atoms. The first-order valence-electron chi connectivity index (χ1n) is 7.64. The molecule has 126 valence electrons. The molecule has 8 heteroatoms. The van der Waals surface area contributed by atoms with E-state index in [1.165, 1.54) is 0 Å². The first-order valence-corrected chi connectivity index (χ1v) is 9.45. The molecule has 3 rings (SSSR count). The van der Waals surface area contributed by atoms with Gasteiger partial charge >= 0.3 is 0 Å². The van der Waals surface area contributed by atoms with Crippen LogP contribution in [0.1, 0.15) is 28.5 Å². The van der Waals surface area contributed by atoms with E-state index in [1.807, 2.05) is 32.0 Å². The number of rotatable bonds is 6. The number of nitrogens with zero attached hydrogens (tertiary/aromatic N) is 2. The molecule has 0 bridgehead atoms. The van der Waals surface area contributed by atoms with Gasteiger partial charge in [0.15, 0.2) is 4.34 Å². The van der Waals surface area contributed by atoms with Crippen LogP contribution >= 0.6 is 23.1 Å². The summed E-state index contributed by atoms with van der Waals surface area (Å²) in [5.74, 6) is 0.109. The molecule has 0 radical (unpaired) electrons. The van der Waals surface area contributed by atoms with Crippen molar-refractivity contribution in [3.8, 4) is 0 Å². The van der Waals surface area contributed by atoms with Crippen molar-refractivity contribution in [3.05, 3.63) is 34.3 Å². The van der Waals surface area contributed by atoms with Crippen molar-refractivity contribution in [2.75, 3.05) is 17.6 Å². The highest BCUT2D eigenvalue weighted by atomic mass is 32.2. The van der Waals surface area contributed by atoms with Gasteiger partial charge in [0.25, 0.3) is 0 Å². The number of hydrogen-bond donors (Lipinski definition) is 2. The Morgan fingerprint density at radius 3 is 2.96 bits per heavy atom. The zero-order chi connectivity index (χ0) is 17.1. The van der Waals surface area contributed by atoms with E-state index in [9.17, 15) is 9.59 Å². The minimum atomic E-state index is -0.404. The van der Waals surface area contributed by atoms with Crippen molar-refractivity contribution in [2.24, 2.45) is 0 Å². The second kappa shape index (κ2) is 7.31. The van der Waals surface area contributed by atoms with Crippen LogP contribution in [0.5, 0.6) is 0 Å². The number of aromatic nitrogens is 2. The molecule has 1 aromatic carbocycles. The third kappa shape index (κ3) is 3.76. The molecule has 1 aliphatic rings. The number of thioether (sulfide) groups is 1. The highest BCUT2D eigenvalue weighted by molar-refractivity contribution is 8.01. The van der Waals surface area contributed by atoms with Gasteiger partial charge in [-0.3, -0.25) is 9.59 Å². The average Bonchev–Trinajstić information content (AvgIpc) is 3.09. The molecule has 0 unspecified atom stereocenters. The fourth-order valence-electron chi connectivity index (χ4n) is 2.63. The van der Waals surface area contributed by atoms with Crippen LogP contribution in [0.4, 0.5) is 5.69 Å². The summed E-state index contributed by atoms with van der Waals surface area (Å²) in [5, 5.41) is 14.7. The third-order valence-corrected chi connectivity index (χ3v) is 5.77. The summed E-state index contributed by atoms with van der Waals surface area (Å²) in [6.07, 6.45) is 0.171. The maximum atomic E-state index is 12.1. The molecule has 2 amide bonds. The monoisotopic (exact) mass is 362 g/mol. The molecule has 0 fully saturated rings. The lowest BCUT2D eigenvalue weighted by atomic mass is 9.95. The fourth-order valence-corrected chi connectivity index (χ4v) is 4.37. The van der Waals surface area contributed by atoms with E-state index in [0.717, 1.165) is 31.9 Å². The molecule has 1 aliphatic heterocycles. The molecular formula is C16H18N4O2S2. The summed E-state index contributed by atoms with van der Waals surface area (Å²) in [4.78, 5) is 24.3. The minimum absolute atomic E-state index is 0.104. The number of hydrogen-bond acceptors (Lipinski definition) is 6. The summed E-state index contributed by atoms with van der Waals surface area (Å²) >= 11 is 3.11. The lowest BCUT2D eigenvalue weighted by molar-refractivity contribution is -0.125. The smallest absolute Gasteiger partial charge is 0.232 e. The average molecular weight is 362 g/mol. The molecule has 0 aliphatic carbocycles. The molecular weight excluding hydrogens is 344 g/mol. The maximum absolute atomic E-state index is 12.1. The molecule has 0 saturated carbocycles. The van der Waals surface area contributed by atoms with Crippen LogP contribution < -0.4 is 10.6 Å². The number of para-hydroxylation sites is 1. The quantitative estimate of drug-likeness (QED) is 0.609. The topological polar surface area (TPSA) is 84.0 Å². The van der Waals surface area contributed by atoms with E-state index >= 15 is 0 Å². The Kier molecular flexibility index (Phi) is 5.15. The van der Waals surface area contributed by atoms with Gasteiger partial charge < -0.3 is 10.6 Å².